The number of aryl methyl sites for hydroxylation is 1. The average molecular weight is 355 g/mol. The van der Waals surface area contributed by atoms with E-state index in [0.29, 0.717) is 42.4 Å². The van der Waals surface area contributed by atoms with Gasteiger partial charge >= 0.3 is 0 Å². The summed E-state index contributed by atoms with van der Waals surface area (Å²) in [7, 11) is -3.44. The summed E-state index contributed by atoms with van der Waals surface area (Å²) in [6.07, 6.45) is 2.36. The van der Waals surface area contributed by atoms with E-state index in [-0.39, 0.29) is 11.7 Å². The van der Waals surface area contributed by atoms with Crippen molar-refractivity contribution in [3.05, 3.63) is 46.0 Å². The van der Waals surface area contributed by atoms with Crippen LogP contribution in [0, 0.1) is 0 Å². The van der Waals surface area contributed by atoms with Crippen molar-refractivity contribution in [2.24, 2.45) is 0 Å². The van der Waals surface area contributed by atoms with Crippen LogP contribution in [-0.4, -0.2) is 48.5 Å². The molecule has 0 bridgehead atoms. The van der Waals surface area contributed by atoms with Gasteiger partial charge in [-0.3, -0.25) is 4.79 Å². The Morgan fingerprint density at radius 2 is 2.35 bits per heavy atom. The Morgan fingerprint density at radius 3 is 3.09 bits per heavy atom. The number of aromatic nitrogens is 2. The molecule has 1 aliphatic rings. The van der Waals surface area contributed by atoms with E-state index in [0.717, 1.165) is 0 Å². The van der Waals surface area contributed by atoms with Crippen LogP contribution in [0.4, 0.5) is 0 Å². The van der Waals surface area contributed by atoms with Gasteiger partial charge in [-0.05, 0) is 24.3 Å². The number of ether oxygens (including phenoxy) is 1. The van der Waals surface area contributed by atoms with E-state index in [1.165, 1.54) is 28.0 Å². The van der Waals surface area contributed by atoms with Crippen molar-refractivity contribution in [2.45, 2.75) is 23.2 Å². The first-order valence-electron chi connectivity index (χ1n) is 7.24. The van der Waals surface area contributed by atoms with Crippen molar-refractivity contribution < 1.29 is 13.2 Å². The summed E-state index contributed by atoms with van der Waals surface area (Å²) in [5, 5.41) is 1.75. The first-order valence-corrected chi connectivity index (χ1v) is 9.56. The third kappa shape index (κ3) is 3.86. The third-order valence-corrected chi connectivity index (χ3v) is 6.89. The maximum Gasteiger partial charge on any atom is 0.252 e. The molecule has 1 saturated heterocycles. The van der Waals surface area contributed by atoms with Crippen molar-refractivity contribution in [1.82, 2.24) is 14.3 Å². The smallest absolute Gasteiger partial charge is 0.252 e. The van der Waals surface area contributed by atoms with E-state index in [2.05, 4.69) is 9.97 Å². The Kier molecular flexibility index (Phi) is 4.90. The molecule has 1 unspecified atom stereocenters. The molecule has 1 atom stereocenters. The summed E-state index contributed by atoms with van der Waals surface area (Å²) >= 11 is 1.22. The van der Waals surface area contributed by atoms with Crippen molar-refractivity contribution in [1.29, 1.82) is 0 Å². The standard InChI is InChI=1S/C14H17N3O4S2/c18-13-8-11(15-10-16-13)3-4-12-9-17(5-6-21-12)23(19,20)14-2-1-7-22-14/h1-2,7-8,10,12H,3-6,9H2,(H,15,16,18). The highest BCUT2D eigenvalue weighted by atomic mass is 32.2. The lowest BCUT2D eigenvalue weighted by Gasteiger charge is -2.31. The van der Waals surface area contributed by atoms with Crippen LogP contribution in [0.3, 0.4) is 0 Å². The van der Waals surface area contributed by atoms with Crippen LogP contribution in [0.1, 0.15) is 12.1 Å². The molecule has 124 valence electrons. The monoisotopic (exact) mass is 355 g/mol. The predicted molar refractivity (Wildman–Crippen MR) is 86.0 cm³/mol. The van der Waals surface area contributed by atoms with Gasteiger partial charge in [-0.2, -0.15) is 4.31 Å². The molecule has 9 heteroatoms. The lowest BCUT2D eigenvalue weighted by molar-refractivity contribution is -0.00533. The topological polar surface area (TPSA) is 92.4 Å². The van der Waals surface area contributed by atoms with E-state index in [4.69, 9.17) is 4.74 Å². The number of nitrogens with zero attached hydrogens (tertiary/aromatic N) is 2. The highest BCUT2D eigenvalue weighted by Gasteiger charge is 2.31. The Balaban J connectivity index is 1.63. The molecular weight excluding hydrogens is 338 g/mol. The van der Waals surface area contributed by atoms with Crippen LogP contribution in [0.15, 0.2) is 38.9 Å². The largest absolute Gasteiger partial charge is 0.375 e. The van der Waals surface area contributed by atoms with Gasteiger partial charge in [0.2, 0.25) is 0 Å². The van der Waals surface area contributed by atoms with Gasteiger partial charge in [0.25, 0.3) is 15.6 Å². The van der Waals surface area contributed by atoms with Crippen LogP contribution in [-0.2, 0) is 21.2 Å². The molecule has 0 spiro atoms. The van der Waals surface area contributed by atoms with Gasteiger partial charge in [-0.25, -0.2) is 13.4 Å². The molecular formula is C14H17N3O4S2. The van der Waals surface area contributed by atoms with Gasteiger partial charge in [0.15, 0.2) is 0 Å². The molecule has 1 N–H and O–H groups in total. The first-order chi connectivity index (χ1) is 11.1. The average Bonchev–Trinajstić information content (AvgIpc) is 3.09. The minimum atomic E-state index is -3.44. The molecule has 23 heavy (non-hydrogen) atoms. The second kappa shape index (κ2) is 6.91. The van der Waals surface area contributed by atoms with E-state index >= 15 is 0 Å². The molecule has 2 aromatic heterocycles. The molecule has 3 rings (SSSR count). The van der Waals surface area contributed by atoms with Gasteiger partial charge < -0.3 is 9.72 Å². The zero-order valence-corrected chi connectivity index (χ0v) is 14.0. The second-order valence-electron chi connectivity index (χ2n) is 5.23. The number of sulfonamides is 1. The molecule has 0 saturated carbocycles. The van der Waals surface area contributed by atoms with Crippen molar-refractivity contribution >= 4 is 21.4 Å². The summed E-state index contributed by atoms with van der Waals surface area (Å²) in [4.78, 5) is 17.8. The van der Waals surface area contributed by atoms with Crippen molar-refractivity contribution in [2.75, 3.05) is 19.7 Å². The highest BCUT2D eigenvalue weighted by molar-refractivity contribution is 7.91. The predicted octanol–water partition coefficient (Wildman–Crippen LogP) is 0.854. The van der Waals surface area contributed by atoms with Crippen molar-refractivity contribution in [3.63, 3.8) is 0 Å². The van der Waals surface area contributed by atoms with Crippen LogP contribution in [0.5, 0.6) is 0 Å². The molecule has 1 fully saturated rings. The Morgan fingerprint density at radius 1 is 1.48 bits per heavy atom. The summed E-state index contributed by atoms with van der Waals surface area (Å²) in [5.41, 5.74) is 0.483. The number of H-pyrrole nitrogens is 1. The van der Waals surface area contributed by atoms with Gasteiger partial charge in [0.1, 0.15) is 4.21 Å². The molecule has 7 nitrogen and oxygen atoms in total. The molecule has 0 aromatic carbocycles. The highest BCUT2D eigenvalue weighted by Crippen LogP contribution is 2.23. The lowest BCUT2D eigenvalue weighted by atomic mass is 10.1. The van der Waals surface area contributed by atoms with Crippen molar-refractivity contribution in [3.8, 4) is 0 Å². The molecule has 3 heterocycles. The fourth-order valence-corrected chi connectivity index (χ4v) is 5.08. The van der Waals surface area contributed by atoms with E-state index in [1.54, 1.807) is 17.5 Å². The maximum atomic E-state index is 12.5. The zero-order valence-electron chi connectivity index (χ0n) is 12.3. The van der Waals surface area contributed by atoms with E-state index < -0.39 is 10.0 Å². The summed E-state index contributed by atoms with van der Waals surface area (Å²) in [6, 6.07) is 4.79. The molecule has 1 aliphatic heterocycles. The lowest BCUT2D eigenvalue weighted by Crippen LogP contribution is -2.45. The fraction of sp³-hybridized carbons (Fsp3) is 0.429. The number of hydrogen-bond acceptors (Lipinski definition) is 6. The number of nitrogens with one attached hydrogen (secondary N) is 1. The normalized spacial score (nSPS) is 19.7. The number of hydrogen-bond donors (Lipinski definition) is 1. The molecule has 0 aliphatic carbocycles. The maximum absolute atomic E-state index is 12.5. The van der Waals surface area contributed by atoms with Gasteiger partial charge in [0.05, 0.1) is 19.0 Å². The zero-order chi connectivity index (χ0) is 16.3. The third-order valence-electron chi connectivity index (χ3n) is 3.65. The summed E-state index contributed by atoms with van der Waals surface area (Å²) in [5.74, 6) is 0. The van der Waals surface area contributed by atoms with Gasteiger partial charge in [-0.1, -0.05) is 6.07 Å². The van der Waals surface area contributed by atoms with Gasteiger partial charge in [0, 0.05) is 24.8 Å². The van der Waals surface area contributed by atoms with Gasteiger partial charge in [-0.15, -0.1) is 11.3 Å². The Hall–Kier alpha value is -1.55. The number of thiophene rings is 1. The Labute approximate surface area is 138 Å². The minimum absolute atomic E-state index is 0.193. The van der Waals surface area contributed by atoms with Crippen LogP contribution in [0.25, 0.3) is 0 Å². The Bertz CT molecular complexity index is 801. The molecule has 0 amide bonds. The SMILES string of the molecule is O=c1cc(CCC2CN(S(=O)(=O)c3cccs3)CCO2)nc[nH]1. The first kappa shape index (κ1) is 16.3. The quantitative estimate of drug-likeness (QED) is 0.858. The van der Waals surface area contributed by atoms with E-state index in [9.17, 15) is 13.2 Å². The minimum Gasteiger partial charge on any atom is -0.375 e. The summed E-state index contributed by atoms with van der Waals surface area (Å²) < 4.78 is 32.6. The van der Waals surface area contributed by atoms with Crippen LogP contribution >= 0.6 is 11.3 Å². The second-order valence-corrected chi connectivity index (χ2v) is 8.34. The fourth-order valence-electron chi connectivity index (χ4n) is 2.48. The van der Waals surface area contributed by atoms with Crippen LogP contribution < -0.4 is 5.56 Å². The molecule has 2 aromatic rings. The number of aromatic amines is 1. The number of rotatable bonds is 5. The van der Waals surface area contributed by atoms with Crippen LogP contribution in [0.2, 0.25) is 0 Å². The molecule has 0 radical (unpaired) electrons. The summed E-state index contributed by atoms with van der Waals surface area (Å²) in [6.45, 7) is 1.06. The number of morpholine rings is 1. The van der Waals surface area contributed by atoms with E-state index in [1.807, 2.05) is 0 Å².